The molecule has 2 aliphatic heterocycles. The summed E-state index contributed by atoms with van der Waals surface area (Å²) in [5.74, 6) is 3.45. The molecule has 466 valence electrons. The SMILES string of the molecule is CCCCCCCCCCCOc1ccc(-c2c3nc(c(-c4ccc(OCCC[N+](C)(C)C)cc4)c4ccc([nH]4)c(-c4ccc(OCCC[N+](C)(C)C)cc4)c4nc(c(-c5ccc(OCCCCCCCCCCC)cc5)c5ccc2[nH]5)C=C4)C=C3)cc1. The lowest BCUT2D eigenvalue weighted by Gasteiger charge is -2.23. The van der Waals surface area contributed by atoms with Crippen LogP contribution in [0.25, 0.3) is 90.9 Å². The third kappa shape index (κ3) is 19.3. The van der Waals surface area contributed by atoms with Crippen molar-refractivity contribution in [1.29, 1.82) is 0 Å². The Hall–Kier alpha value is -7.40. The van der Waals surface area contributed by atoms with Crippen LogP contribution in [0, 0.1) is 0 Å². The quantitative estimate of drug-likeness (QED) is 0.0300. The van der Waals surface area contributed by atoms with Crippen molar-refractivity contribution in [3.63, 3.8) is 0 Å². The fourth-order valence-electron chi connectivity index (χ4n) is 12.0. The van der Waals surface area contributed by atoms with Crippen molar-refractivity contribution in [2.75, 3.05) is 81.8 Å². The van der Waals surface area contributed by atoms with Gasteiger partial charge in [-0.1, -0.05) is 165 Å². The summed E-state index contributed by atoms with van der Waals surface area (Å²) >= 11 is 0. The molecule has 3 aromatic heterocycles. The van der Waals surface area contributed by atoms with E-state index in [1.165, 1.54) is 103 Å². The molecule has 2 N–H and O–H groups in total. The van der Waals surface area contributed by atoms with Gasteiger partial charge in [-0.2, -0.15) is 0 Å². The standard InChI is InChI=1S/C78H102N6O4/c1-9-11-13-15-17-19-21-23-25-55-85-63-37-29-59(30-38-63)75-67-45-46-68(79-67)76(60-31-39-64(40-32-60)86-56-26-24-22-20-18-16-14-12-10-2)70-48-50-72(81-70)78(62-35-43-66(44-36-62)88-58-28-54-84(6,7)8)74-52-51-73(82-74)77(71-49-47-69(75)80-71)61-33-41-65(42-34-61)87-57-27-53-83(3,4)5/h29-52,79,82H,9-28,53-58H2,1-8H3/q+2. The van der Waals surface area contributed by atoms with E-state index >= 15 is 0 Å². The molecule has 0 radical (unpaired) electrons. The average molecular weight is 1190 g/mol. The molecule has 10 heteroatoms. The van der Waals surface area contributed by atoms with Crippen molar-refractivity contribution in [3.05, 3.63) is 144 Å². The van der Waals surface area contributed by atoms with Gasteiger partial charge in [0.25, 0.3) is 0 Å². The number of nitrogens with zero attached hydrogens (tertiary/aromatic N) is 4. The van der Waals surface area contributed by atoms with Gasteiger partial charge in [-0.25, -0.2) is 9.97 Å². The molecule has 4 aromatic carbocycles. The molecule has 0 unspecified atom stereocenters. The summed E-state index contributed by atoms with van der Waals surface area (Å²) in [7, 11) is 13.3. The molecule has 0 saturated carbocycles. The maximum absolute atomic E-state index is 6.38. The molecule has 0 spiro atoms. The highest BCUT2D eigenvalue weighted by Crippen LogP contribution is 2.40. The molecule has 7 aromatic rings. The minimum Gasteiger partial charge on any atom is -0.494 e. The summed E-state index contributed by atoms with van der Waals surface area (Å²) in [6, 6.07) is 42.9. The number of quaternary nitrogens is 2. The van der Waals surface area contributed by atoms with E-state index in [1.807, 2.05) is 0 Å². The largest absolute Gasteiger partial charge is 0.494 e. The maximum atomic E-state index is 6.38. The molecule has 5 heterocycles. The summed E-state index contributed by atoms with van der Waals surface area (Å²) in [6.45, 7) is 9.37. The second-order valence-corrected chi connectivity index (χ2v) is 26.4. The zero-order chi connectivity index (χ0) is 61.6. The predicted molar refractivity (Wildman–Crippen MR) is 372 cm³/mol. The second-order valence-electron chi connectivity index (χ2n) is 26.4. The van der Waals surface area contributed by atoms with E-state index in [-0.39, 0.29) is 0 Å². The highest BCUT2D eigenvalue weighted by molar-refractivity contribution is 6.00. The van der Waals surface area contributed by atoms with Crippen molar-refractivity contribution >= 4 is 46.4 Å². The zero-order valence-electron chi connectivity index (χ0n) is 54.7. The van der Waals surface area contributed by atoms with Crippen LogP contribution in [0.5, 0.6) is 23.0 Å². The predicted octanol–water partition coefficient (Wildman–Crippen LogP) is 20.1. The van der Waals surface area contributed by atoms with Crippen LogP contribution in [0.1, 0.15) is 165 Å². The Balaban J connectivity index is 1.13. The molecule has 0 fully saturated rings. The van der Waals surface area contributed by atoms with Gasteiger partial charge >= 0.3 is 0 Å². The Morgan fingerprint density at radius 1 is 0.284 bits per heavy atom. The van der Waals surface area contributed by atoms with Crippen molar-refractivity contribution in [2.45, 2.75) is 142 Å². The monoisotopic (exact) mass is 1190 g/mol. The van der Waals surface area contributed by atoms with Gasteiger partial charge < -0.3 is 37.9 Å². The molecule has 2 aliphatic rings. The van der Waals surface area contributed by atoms with Crippen molar-refractivity contribution < 1.29 is 27.9 Å². The molecule has 8 bridgehead atoms. The van der Waals surface area contributed by atoms with E-state index in [0.29, 0.717) is 26.4 Å². The van der Waals surface area contributed by atoms with Gasteiger partial charge in [0, 0.05) is 57.2 Å². The van der Waals surface area contributed by atoms with Crippen molar-refractivity contribution in [3.8, 4) is 67.5 Å². The summed E-state index contributed by atoms with van der Waals surface area (Å²) < 4.78 is 27.2. The Bertz CT molecular complexity index is 3280. The van der Waals surface area contributed by atoms with Crippen LogP contribution >= 0.6 is 0 Å². The molecule has 0 atom stereocenters. The van der Waals surface area contributed by atoms with E-state index in [0.717, 1.165) is 160 Å². The van der Waals surface area contributed by atoms with E-state index in [4.69, 9.17) is 28.9 Å². The third-order valence-electron chi connectivity index (χ3n) is 16.8. The Morgan fingerprint density at radius 3 is 0.750 bits per heavy atom. The summed E-state index contributed by atoms with van der Waals surface area (Å²) in [5, 5.41) is 0. The topological polar surface area (TPSA) is 94.3 Å². The van der Waals surface area contributed by atoms with Crippen LogP contribution in [0.4, 0.5) is 0 Å². The van der Waals surface area contributed by atoms with E-state index in [1.54, 1.807) is 0 Å². The van der Waals surface area contributed by atoms with Gasteiger partial charge in [-0.05, 0) is 132 Å². The minimum absolute atomic E-state index is 0.657. The van der Waals surface area contributed by atoms with E-state index < -0.39 is 0 Å². The summed E-state index contributed by atoms with van der Waals surface area (Å²) in [6.07, 6.45) is 33.7. The molecule has 0 amide bonds. The minimum atomic E-state index is 0.657. The van der Waals surface area contributed by atoms with Gasteiger partial charge in [0.2, 0.25) is 0 Å². The summed E-state index contributed by atoms with van der Waals surface area (Å²) in [5.41, 5.74) is 15.3. The Kier molecular flexibility index (Phi) is 24.2. The van der Waals surface area contributed by atoms with Crippen LogP contribution in [0.3, 0.4) is 0 Å². The average Bonchev–Trinajstić information content (AvgIpc) is 1.84. The number of aromatic nitrogens is 4. The highest BCUT2D eigenvalue weighted by atomic mass is 16.5. The highest BCUT2D eigenvalue weighted by Gasteiger charge is 2.20. The molecule has 0 saturated heterocycles. The Morgan fingerprint density at radius 2 is 0.511 bits per heavy atom. The lowest BCUT2D eigenvalue weighted by atomic mass is 10.0. The first kappa shape index (κ1) is 65.1. The molecular formula is C78H102N6O4+2. The zero-order valence-corrected chi connectivity index (χ0v) is 54.7. The summed E-state index contributed by atoms with van der Waals surface area (Å²) in [4.78, 5) is 19.1. The fourth-order valence-corrected chi connectivity index (χ4v) is 12.0. The van der Waals surface area contributed by atoms with Gasteiger partial charge in [-0.3, -0.25) is 0 Å². The smallest absolute Gasteiger partial charge is 0.119 e. The van der Waals surface area contributed by atoms with Crippen LogP contribution in [0.15, 0.2) is 121 Å². The van der Waals surface area contributed by atoms with Crippen LogP contribution in [-0.2, 0) is 0 Å². The molecule has 9 rings (SSSR count). The van der Waals surface area contributed by atoms with E-state index in [2.05, 4.69) is 212 Å². The van der Waals surface area contributed by atoms with E-state index in [9.17, 15) is 0 Å². The van der Waals surface area contributed by atoms with Crippen LogP contribution in [0.2, 0.25) is 0 Å². The third-order valence-corrected chi connectivity index (χ3v) is 16.8. The number of rotatable bonds is 36. The number of benzene rings is 4. The molecule has 0 aliphatic carbocycles. The Labute approximate surface area is 527 Å². The number of aromatic amines is 2. The van der Waals surface area contributed by atoms with Gasteiger partial charge in [-0.15, -0.1) is 0 Å². The van der Waals surface area contributed by atoms with Crippen molar-refractivity contribution in [2.24, 2.45) is 0 Å². The molecule has 88 heavy (non-hydrogen) atoms. The number of ether oxygens (including phenoxy) is 4. The number of nitrogens with one attached hydrogen (secondary N) is 2. The van der Waals surface area contributed by atoms with Gasteiger partial charge in [0.05, 0.1) is 105 Å². The first-order valence-corrected chi connectivity index (χ1v) is 33.5. The maximum Gasteiger partial charge on any atom is 0.119 e. The van der Waals surface area contributed by atoms with Crippen LogP contribution < -0.4 is 18.9 Å². The molecule has 10 nitrogen and oxygen atoms in total. The lowest BCUT2D eigenvalue weighted by molar-refractivity contribution is -0.870. The first-order valence-electron chi connectivity index (χ1n) is 33.5. The van der Waals surface area contributed by atoms with Crippen molar-refractivity contribution in [1.82, 2.24) is 19.9 Å². The number of unbranched alkanes of at least 4 members (excludes halogenated alkanes) is 16. The van der Waals surface area contributed by atoms with Crippen LogP contribution in [-0.4, -0.2) is 111 Å². The fraction of sp³-hybridized carbons (Fsp3) is 0.436. The number of H-pyrrole nitrogens is 2. The number of hydrogen-bond acceptors (Lipinski definition) is 6. The number of hydrogen-bond donors (Lipinski definition) is 2. The van der Waals surface area contributed by atoms with Gasteiger partial charge in [0.1, 0.15) is 23.0 Å². The molecular weight excluding hydrogens is 1080 g/mol. The normalized spacial score (nSPS) is 12.3. The second kappa shape index (κ2) is 32.7. The first-order chi connectivity index (χ1) is 42.8. The number of fused-ring (bicyclic) bond motifs is 8. The lowest BCUT2D eigenvalue weighted by Crippen LogP contribution is -2.36. The van der Waals surface area contributed by atoms with Gasteiger partial charge in [0.15, 0.2) is 0 Å².